The van der Waals surface area contributed by atoms with Crippen LogP contribution in [0.3, 0.4) is 0 Å². The van der Waals surface area contributed by atoms with E-state index in [1.165, 1.54) is 0 Å². The van der Waals surface area contributed by atoms with Gasteiger partial charge in [-0.2, -0.15) is 5.06 Å². The van der Waals surface area contributed by atoms with E-state index in [2.05, 4.69) is 0 Å². The van der Waals surface area contributed by atoms with Crippen LogP contribution in [0.2, 0.25) is 0 Å². The molecule has 4 nitrogen and oxygen atoms in total. The van der Waals surface area contributed by atoms with Crippen molar-refractivity contribution in [2.75, 3.05) is 6.61 Å². The molecule has 134 valence electrons. The lowest BCUT2D eigenvalue weighted by Gasteiger charge is -2.34. The molecule has 24 heavy (non-hydrogen) atoms. The summed E-state index contributed by atoms with van der Waals surface area (Å²) in [6.45, 7) is 4.18. The first-order valence-corrected chi connectivity index (χ1v) is 9.53. The molecule has 0 N–H and O–H groups in total. The van der Waals surface area contributed by atoms with Gasteiger partial charge >= 0.3 is 0 Å². The van der Waals surface area contributed by atoms with Gasteiger partial charge in [-0.15, -0.1) is 23.2 Å². The van der Waals surface area contributed by atoms with Gasteiger partial charge in [0.15, 0.2) is 4.33 Å². The van der Waals surface area contributed by atoms with E-state index in [9.17, 15) is 9.59 Å². The molecule has 0 unspecified atom stereocenters. The monoisotopic (exact) mass is 453 g/mol. The zero-order chi connectivity index (χ0) is 18.2. The molecule has 0 aromatic rings. The van der Waals surface area contributed by atoms with Gasteiger partial charge in [0.2, 0.25) is 0 Å². The summed E-state index contributed by atoms with van der Waals surface area (Å²) in [5, 5.41) is 0.462. The Morgan fingerprint density at radius 3 is 1.79 bits per heavy atom. The van der Waals surface area contributed by atoms with Crippen LogP contribution in [0.1, 0.15) is 20.3 Å². The van der Waals surface area contributed by atoms with E-state index in [-0.39, 0.29) is 16.7 Å². The van der Waals surface area contributed by atoms with Crippen molar-refractivity contribution in [2.24, 2.45) is 17.8 Å². The molecule has 1 heterocycles. The van der Waals surface area contributed by atoms with Crippen molar-refractivity contribution >= 4 is 81.4 Å². The van der Waals surface area contributed by atoms with Gasteiger partial charge in [0, 0.05) is 0 Å². The van der Waals surface area contributed by atoms with Crippen LogP contribution in [0.25, 0.3) is 0 Å². The van der Waals surface area contributed by atoms with Crippen LogP contribution in [0.5, 0.6) is 0 Å². The minimum atomic E-state index is -1.91. The van der Waals surface area contributed by atoms with E-state index >= 15 is 0 Å². The molecular weight excluding hydrogens is 443 g/mol. The number of hydrogen-bond donors (Lipinski definition) is 0. The van der Waals surface area contributed by atoms with Crippen LogP contribution in [0.15, 0.2) is 10.1 Å². The van der Waals surface area contributed by atoms with E-state index in [0.717, 1.165) is 0 Å². The fourth-order valence-electron chi connectivity index (χ4n) is 3.48. The number of rotatable bonds is 4. The first-order valence-electron chi connectivity index (χ1n) is 7.26. The van der Waals surface area contributed by atoms with Crippen molar-refractivity contribution in [3.63, 3.8) is 0 Å². The highest BCUT2D eigenvalue weighted by atomic mass is 35.5. The maximum atomic E-state index is 12.7. The number of imide groups is 1. The molecule has 3 rings (SSSR count). The summed E-state index contributed by atoms with van der Waals surface area (Å²) >= 11 is 38.2. The second-order valence-corrected chi connectivity index (χ2v) is 9.84. The molecule has 3 aliphatic rings. The first-order chi connectivity index (χ1) is 10.9. The minimum absolute atomic E-state index is 0.114. The number of alkyl halides is 4. The highest BCUT2D eigenvalue weighted by Crippen LogP contribution is 2.77. The fraction of sp³-hybridized carbons (Fsp3) is 0.714. The van der Waals surface area contributed by atoms with Gasteiger partial charge in [-0.1, -0.05) is 60.3 Å². The van der Waals surface area contributed by atoms with E-state index < -0.39 is 37.7 Å². The van der Waals surface area contributed by atoms with Gasteiger partial charge in [0.25, 0.3) is 11.8 Å². The molecule has 2 bridgehead atoms. The second kappa shape index (κ2) is 5.79. The molecule has 1 saturated carbocycles. The number of carbonyl (C=O) groups is 2. The average molecular weight is 456 g/mol. The molecule has 1 aliphatic heterocycles. The van der Waals surface area contributed by atoms with Crippen molar-refractivity contribution in [3.05, 3.63) is 10.1 Å². The molecule has 0 aromatic carbocycles. The molecule has 10 heteroatoms. The van der Waals surface area contributed by atoms with Crippen LogP contribution in [0, 0.1) is 17.8 Å². The quantitative estimate of drug-likeness (QED) is 0.466. The third-order valence-electron chi connectivity index (χ3n) is 4.78. The zero-order valence-corrected chi connectivity index (χ0v) is 17.1. The van der Waals surface area contributed by atoms with Gasteiger partial charge in [-0.25, -0.2) is 0 Å². The van der Waals surface area contributed by atoms with E-state index in [0.29, 0.717) is 17.4 Å². The number of allylic oxidation sites excluding steroid dienone is 2. The van der Waals surface area contributed by atoms with Crippen molar-refractivity contribution < 1.29 is 14.4 Å². The summed E-state index contributed by atoms with van der Waals surface area (Å²) in [7, 11) is 0. The highest BCUT2D eigenvalue weighted by Gasteiger charge is 2.87. The number of carbonyl (C=O) groups excluding carboxylic acids is 2. The summed E-state index contributed by atoms with van der Waals surface area (Å²) in [5.41, 5.74) is 0. The Bertz CT molecular complexity index is 619. The van der Waals surface area contributed by atoms with E-state index in [1.54, 1.807) is 0 Å². The Morgan fingerprint density at radius 2 is 1.42 bits per heavy atom. The number of hydrogen-bond acceptors (Lipinski definition) is 3. The topological polar surface area (TPSA) is 46.6 Å². The molecule has 0 aromatic heterocycles. The van der Waals surface area contributed by atoms with Crippen LogP contribution in [0.4, 0.5) is 0 Å². The van der Waals surface area contributed by atoms with Gasteiger partial charge in [-0.05, 0) is 12.3 Å². The lowest BCUT2D eigenvalue weighted by Crippen LogP contribution is -2.50. The van der Waals surface area contributed by atoms with E-state index in [1.807, 2.05) is 13.8 Å². The van der Waals surface area contributed by atoms with Crippen LogP contribution in [-0.2, 0) is 14.4 Å². The summed E-state index contributed by atoms with van der Waals surface area (Å²) in [6.07, 6.45) is 0.666. The minimum Gasteiger partial charge on any atom is -0.272 e. The van der Waals surface area contributed by atoms with Gasteiger partial charge in [0.1, 0.15) is 9.75 Å². The summed E-state index contributed by atoms with van der Waals surface area (Å²) in [5.74, 6) is -3.28. The molecular formula is C14H13Cl6NO3. The molecule has 2 fully saturated rings. The Balaban J connectivity index is 1.99. The van der Waals surface area contributed by atoms with Gasteiger partial charge < -0.3 is 0 Å². The molecule has 2 amide bonds. The predicted molar refractivity (Wildman–Crippen MR) is 94.6 cm³/mol. The van der Waals surface area contributed by atoms with Crippen molar-refractivity contribution in [1.82, 2.24) is 5.06 Å². The Morgan fingerprint density at radius 1 is 1.00 bits per heavy atom. The number of amides is 2. The SMILES string of the molecule is CC(C)CCON1C(=O)[C@H]2[C@H](C1=O)[C@@]1(Cl)C(Cl)=C(Cl)[C@@]2(Cl)C1(Cl)Cl. The molecule has 2 aliphatic carbocycles. The Labute approximate surface area is 169 Å². The zero-order valence-electron chi connectivity index (χ0n) is 12.6. The average Bonchev–Trinajstić information content (AvgIpc) is 2.86. The van der Waals surface area contributed by atoms with Crippen LogP contribution >= 0.6 is 69.6 Å². The van der Waals surface area contributed by atoms with Crippen molar-refractivity contribution in [3.8, 4) is 0 Å². The molecule has 0 spiro atoms. The normalized spacial score (nSPS) is 40.3. The number of halogens is 6. The van der Waals surface area contributed by atoms with E-state index in [4.69, 9.17) is 74.4 Å². The van der Waals surface area contributed by atoms with Crippen LogP contribution < -0.4 is 0 Å². The largest absolute Gasteiger partial charge is 0.272 e. The maximum Gasteiger partial charge on any atom is 0.259 e. The lowest BCUT2D eigenvalue weighted by atomic mass is 9.84. The smallest absolute Gasteiger partial charge is 0.259 e. The maximum absolute atomic E-state index is 12.7. The number of nitrogens with zero attached hydrogens (tertiary/aromatic N) is 1. The number of fused-ring (bicyclic) bond motifs is 5. The Kier molecular flexibility index (Phi) is 4.66. The summed E-state index contributed by atoms with van der Waals surface area (Å²) in [6, 6.07) is 0. The summed E-state index contributed by atoms with van der Waals surface area (Å²) < 4.78 is -1.91. The third-order valence-corrected chi connectivity index (χ3v) is 9.04. The first kappa shape index (κ1) is 19.3. The number of hydroxylamine groups is 2. The molecule has 4 atom stereocenters. The second-order valence-electron chi connectivity index (χ2n) is 6.57. The van der Waals surface area contributed by atoms with Gasteiger partial charge in [-0.3, -0.25) is 14.4 Å². The lowest BCUT2D eigenvalue weighted by molar-refractivity contribution is -0.190. The third kappa shape index (κ3) is 2.00. The van der Waals surface area contributed by atoms with Gasteiger partial charge in [0.05, 0.1) is 28.5 Å². The fourth-order valence-corrected chi connectivity index (χ4v) is 6.41. The Hall–Kier alpha value is 0.580. The predicted octanol–water partition coefficient (Wildman–Crippen LogP) is 4.41. The van der Waals surface area contributed by atoms with Crippen molar-refractivity contribution in [1.29, 1.82) is 0 Å². The van der Waals surface area contributed by atoms with Crippen LogP contribution in [-0.4, -0.2) is 37.6 Å². The van der Waals surface area contributed by atoms with Crippen molar-refractivity contribution in [2.45, 2.75) is 34.3 Å². The molecule has 1 saturated heterocycles. The highest BCUT2D eigenvalue weighted by molar-refractivity contribution is 6.66. The molecule has 0 radical (unpaired) electrons. The standard InChI is InChI=1S/C14H13Cl6NO3/c1-5(2)3-4-24-21-10(22)6-7(11(21)23)13(18)9(16)8(15)12(6,17)14(13,19)20/h5-7H,3-4H2,1-2H3/t6-,7-,12-,13-/m1/s1. The summed E-state index contributed by atoms with van der Waals surface area (Å²) in [4.78, 5) is 27.3.